The van der Waals surface area contributed by atoms with Crippen molar-refractivity contribution in [1.29, 1.82) is 0 Å². The van der Waals surface area contributed by atoms with Gasteiger partial charge in [-0.15, -0.1) is 0 Å². The van der Waals surface area contributed by atoms with Gasteiger partial charge in [0.2, 0.25) is 0 Å². The highest BCUT2D eigenvalue weighted by atomic mass is 16.5. The van der Waals surface area contributed by atoms with E-state index in [0.717, 1.165) is 6.08 Å². The molecule has 0 aliphatic heterocycles. The summed E-state index contributed by atoms with van der Waals surface area (Å²) >= 11 is 0. The standard InChI is InChI=1S/C15H17NO6/c1-9-6-5-7-10(14(18)21-3)13(9)16-11(15(19)22-4)8-12(17)20-2/h5-8,16H,1-4H3/b11-8+. The van der Waals surface area contributed by atoms with Crippen LogP contribution < -0.4 is 5.32 Å². The highest BCUT2D eigenvalue weighted by Crippen LogP contribution is 2.23. The Morgan fingerprint density at radius 1 is 1.05 bits per heavy atom. The van der Waals surface area contributed by atoms with E-state index in [0.29, 0.717) is 11.3 Å². The van der Waals surface area contributed by atoms with Crippen LogP contribution in [0.25, 0.3) is 0 Å². The van der Waals surface area contributed by atoms with Crippen molar-refractivity contribution in [3.8, 4) is 0 Å². The Labute approximate surface area is 127 Å². The molecule has 0 aliphatic carbocycles. The fourth-order valence-electron chi connectivity index (χ4n) is 1.68. The van der Waals surface area contributed by atoms with Gasteiger partial charge in [0, 0.05) is 0 Å². The zero-order valence-electron chi connectivity index (χ0n) is 12.8. The Kier molecular flexibility index (Phi) is 6.12. The second kappa shape index (κ2) is 7.82. The third kappa shape index (κ3) is 4.08. The molecule has 1 rings (SSSR count). The molecule has 0 radical (unpaired) electrons. The van der Waals surface area contributed by atoms with Gasteiger partial charge in [0.15, 0.2) is 0 Å². The smallest absolute Gasteiger partial charge is 0.354 e. The summed E-state index contributed by atoms with van der Waals surface area (Å²) in [4.78, 5) is 34.9. The molecule has 0 spiro atoms. The van der Waals surface area contributed by atoms with Crippen molar-refractivity contribution in [3.05, 3.63) is 41.1 Å². The molecular formula is C15H17NO6. The normalized spacial score (nSPS) is 10.6. The van der Waals surface area contributed by atoms with Crippen LogP contribution in [0.2, 0.25) is 0 Å². The first-order chi connectivity index (χ1) is 10.4. The minimum absolute atomic E-state index is 0.159. The van der Waals surface area contributed by atoms with Crippen molar-refractivity contribution in [2.75, 3.05) is 26.6 Å². The second-order valence-corrected chi connectivity index (χ2v) is 4.19. The Morgan fingerprint density at radius 3 is 2.27 bits per heavy atom. The number of hydrogen-bond acceptors (Lipinski definition) is 7. The van der Waals surface area contributed by atoms with Gasteiger partial charge >= 0.3 is 17.9 Å². The monoisotopic (exact) mass is 307 g/mol. The quantitative estimate of drug-likeness (QED) is 0.500. The lowest BCUT2D eigenvalue weighted by atomic mass is 10.1. The van der Waals surface area contributed by atoms with E-state index in [2.05, 4.69) is 14.8 Å². The second-order valence-electron chi connectivity index (χ2n) is 4.19. The van der Waals surface area contributed by atoms with Crippen molar-refractivity contribution in [1.82, 2.24) is 0 Å². The molecule has 0 atom stereocenters. The first kappa shape index (κ1) is 17.2. The molecule has 0 heterocycles. The van der Waals surface area contributed by atoms with E-state index >= 15 is 0 Å². The summed E-state index contributed by atoms with van der Waals surface area (Å²) in [6, 6.07) is 4.95. The molecule has 1 aromatic rings. The highest BCUT2D eigenvalue weighted by molar-refractivity contribution is 6.02. The fraction of sp³-hybridized carbons (Fsp3) is 0.267. The molecule has 1 N–H and O–H groups in total. The maximum absolute atomic E-state index is 11.8. The lowest BCUT2D eigenvalue weighted by Gasteiger charge is -2.14. The molecular weight excluding hydrogens is 290 g/mol. The molecule has 118 valence electrons. The topological polar surface area (TPSA) is 90.9 Å². The number of para-hydroxylation sites is 1. The molecule has 0 amide bonds. The maximum Gasteiger partial charge on any atom is 0.354 e. The molecule has 0 fully saturated rings. The first-order valence-electron chi connectivity index (χ1n) is 6.27. The van der Waals surface area contributed by atoms with E-state index in [-0.39, 0.29) is 11.3 Å². The molecule has 7 heteroatoms. The van der Waals surface area contributed by atoms with Crippen LogP contribution >= 0.6 is 0 Å². The third-order valence-corrected chi connectivity index (χ3v) is 2.81. The van der Waals surface area contributed by atoms with Crippen molar-refractivity contribution in [2.45, 2.75) is 6.92 Å². The van der Waals surface area contributed by atoms with Crippen molar-refractivity contribution in [3.63, 3.8) is 0 Å². The van der Waals surface area contributed by atoms with Crippen LogP contribution in [0.15, 0.2) is 30.0 Å². The van der Waals surface area contributed by atoms with E-state index in [1.54, 1.807) is 19.1 Å². The van der Waals surface area contributed by atoms with E-state index in [1.807, 2.05) is 0 Å². The molecule has 0 unspecified atom stereocenters. The zero-order chi connectivity index (χ0) is 16.7. The minimum Gasteiger partial charge on any atom is -0.466 e. The van der Waals surface area contributed by atoms with Gasteiger partial charge in [-0.05, 0) is 18.6 Å². The number of carbonyl (C=O) groups excluding carboxylic acids is 3. The van der Waals surface area contributed by atoms with Gasteiger partial charge in [-0.3, -0.25) is 0 Å². The lowest BCUT2D eigenvalue weighted by Crippen LogP contribution is -2.18. The minimum atomic E-state index is -0.774. The van der Waals surface area contributed by atoms with Gasteiger partial charge in [-0.25, -0.2) is 14.4 Å². The van der Waals surface area contributed by atoms with Crippen LogP contribution in [0, 0.1) is 6.92 Å². The Morgan fingerprint density at radius 2 is 1.73 bits per heavy atom. The Balaban J connectivity index is 3.29. The molecule has 0 aliphatic rings. The maximum atomic E-state index is 11.8. The predicted molar refractivity (Wildman–Crippen MR) is 78.3 cm³/mol. The molecule has 0 saturated heterocycles. The Bertz CT molecular complexity index is 620. The van der Waals surface area contributed by atoms with Gasteiger partial charge in [0.05, 0.1) is 38.7 Å². The summed E-state index contributed by atoms with van der Waals surface area (Å²) in [6.07, 6.45) is 0.944. The lowest BCUT2D eigenvalue weighted by molar-refractivity contribution is -0.138. The van der Waals surface area contributed by atoms with Gasteiger partial charge < -0.3 is 19.5 Å². The van der Waals surface area contributed by atoms with E-state index in [9.17, 15) is 14.4 Å². The first-order valence-corrected chi connectivity index (χ1v) is 6.27. The van der Waals surface area contributed by atoms with Crippen LogP contribution in [-0.2, 0) is 23.8 Å². The summed E-state index contributed by atoms with van der Waals surface area (Å²) < 4.78 is 13.8. The average Bonchev–Trinajstić information content (AvgIpc) is 2.53. The van der Waals surface area contributed by atoms with Crippen molar-refractivity contribution < 1.29 is 28.6 Å². The summed E-state index contributed by atoms with van der Waals surface area (Å²) in [5.74, 6) is -2.08. The summed E-state index contributed by atoms with van der Waals surface area (Å²) in [5, 5.41) is 2.73. The van der Waals surface area contributed by atoms with Crippen LogP contribution in [-0.4, -0.2) is 39.2 Å². The fourth-order valence-corrected chi connectivity index (χ4v) is 1.68. The van der Waals surface area contributed by atoms with Crippen LogP contribution in [0.4, 0.5) is 5.69 Å². The highest BCUT2D eigenvalue weighted by Gasteiger charge is 2.19. The predicted octanol–water partition coefficient (Wildman–Crippen LogP) is 1.42. The van der Waals surface area contributed by atoms with E-state index < -0.39 is 17.9 Å². The molecule has 22 heavy (non-hydrogen) atoms. The number of benzene rings is 1. The van der Waals surface area contributed by atoms with Gasteiger partial charge in [0.1, 0.15) is 5.70 Å². The zero-order valence-corrected chi connectivity index (χ0v) is 12.8. The number of rotatable bonds is 5. The molecule has 0 saturated carbocycles. The molecule has 0 aromatic heterocycles. The molecule has 7 nitrogen and oxygen atoms in total. The number of nitrogens with one attached hydrogen (secondary N) is 1. The van der Waals surface area contributed by atoms with Gasteiger partial charge in [0.25, 0.3) is 0 Å². The van der Waals surface area contributed by atoms with Crippen molar-refractivity contribution >= 4 is 23.6 Å². The number of methoxy groups -OCH3 is 3. The summed E-state index contributed by atoms with van der Waals surface area (Å²) in [5.41, 5.74) is 1.09. The third-order valence-electron chi connectivity index (χ3n) is 2.81. The van der Waals surface area contributed by atoms with Crippen LogP contribution in [0.3, 0.4) is 0 Å². The molecule has 0 bridgehead atoms. The number of esters is 3. The summed E-state index contributed by atoms with van der Waals surface area (Å²) in [7, 11) is 3.61. The number of ether oxygens (including phenoxy) is 3. The van der Waals surface area contributed by atoms with E-state index in [1.165, 1.54) is 27.4 Å². The Hall–Kier alpha value is -2.83. The van der Waals surface area contributed by atoms with E-state index in [4.69, 9.17) is 4.74 Å². The largest absolute Gasteiger partial charge is 0.466 e. The molecule has 1 aromatic carbocycles. The van der Waals surface area contributed by atoms with Crippen LogP contribution in [0.1, 0.15) is 15.9 Å². The van der Waals surface area contributed by atoms with Gasteiger partial charge in [-0.1, -0.05) is 12.1 Å². The van der Waals surface area contributed by atoms with Gasteiger partial charge in [-0.2, -0.15) is 0 Å². The number of anilines is 1. The average molecular weight is 307 g/mol. The van der Waals surface area contributed by atoms with Crippen molar-refractivity contribution in [2.24, 2.45) is 0 Å². The SMILES string of the molecule is COC(=O)/C=C(/Nc1c(C)cccc1C(=O)OC)C(=O)OC. The van der Waals surface area contributed by atoms with Crippen LogP contribution in [0.5, 0.6) is 0 Å². The number of hydrogen-bond donors (Lipinski definition) is 1. The summed E-state index contributed by atoms with van der Waals surface area (Å²) in [6.45, 7) is 1.74. The number of aryl methyl sites for hydroxylation is 1. The number of carbonyl (C=O) groups is 3.